The van der Waals surface area contributed by atoms with Crippen molar-refractivity contribution in [2.75, 3.05) is 4.90 Å². The lowest BCUT2D eigenvalue weighted by atomic mass is 9.73. The Kier molecular flexibility index (Phi) is 6.26. The number of allylic oxidation sites excluding steroid dienone is 2. The number of aliphatic hydroxyl groups excluding tert-OH is 1. The van der Waals surface area contributed by atoms with Gasteiger partial charge in [-0.05, 0) is 49.1 Å². The molecule has 0 aromatic heterocycles. The maximum Gasteiger partial charge on any atom is 0.161 e. The zero-order valence-corrected chi connectivity index (χ0v) is 20.7. The predicted octanol–water partition coefficient (Wildman–Crippen LogP) is 7.86. The maximum atomic E-state index is 13.5. The molecule has 0 unspecified atom stereocenters. The number of aliphatic hydroxyl groups is 1. The van der Waals surface area contributed by atoms with Crippen LogP contribution in [0.2, 0.25) is 10.0 Å². The van der Waals surface area contributed by atoms with Gasteiger partial charge in [0.15, 0.2) is 5.78 Å². The third-order valence-electron chi connectivity index (χ3n) is 6.69. The fraction of sp³-hybridized carbons (Fsp3) is 0.172. The Balaban J connectivity index is 1.85. The monoisotopic (exact) mass is 502 g/mol. The number of hydrogen-bond acceptors (Lipinski definition) is 3. The van der Waals surface area contributed by atoms with Crippen LogP contribution in [-0.2, 0) is 4.79 Å². The van der Waals surface area contributed by atoms with E-state index >= 15 is 0 Å². The summed E-state index contributed by atoms with van der Waals surface area (Å²) in [6.45, 7) is 1.92. The molecule has 0 bridgehead atoms. The van der Waals surface area contributed by atoms with Gasteiger partial charge in [0, 0.05) is 50.5 Å². The summed E-state index contributed by atoms with van der Waals surface area (Å²) in [4.78, 5) is 15.3. The number of benzene rings is 3. The molecule has 2 N–H and O–H groups in total. The SMILES string of the molecule is Cc1ccc(N2C(=N)C(=C(O)c3ccccc3)[C@@H](c3ccccc3Cl)C3=C2CCCC3=O)cc1Cl. The number of hydrogen-bond donors (Lipinski definition) is 2. The van der Waals surface area contributed by atoms with Gasteiger partial charge >= 0.3 is 0 Å². The van der Waals surface area contributed by atoms with Gasteiger partial charge in [-0.1, -0.05) is 77.8 Å². The Morgan fingerprint density at radius 1 is 0.971 bits per heavy atom. The summed E-state index contributed by atoms with van der Waals surface area (Å²) in [6.07, 6.45) is 1.74. The average molecular weight is 503 g/mol. The summed E-state index contributed by atoms with van der Waals surface area (Å²) in [5, 5.41) is 22.0. The molecule has 4 nitrogen and oxygen atoms in total. The van der Waals surface area contributed by atoms with Gasteiger partial charge in [-0.2, -0.15) is 0 Å². The molecule has 35 heavy (non-hydrogen) atoms. The Labute approximate surface area is 214 Å². The van der Waals surface area contributed by atoms with Crippen LogP contribution >= 0.6 is 23.2 Å². The molecular formula is C29H24Cl2N2O2. The zero-order chi connectivity index (χ0) is 24.7. The van der Waals surface area contributed by atoms with Crippen LogP contribution in [0.15, 0.2) is 89.6 Å². The van der Waals surface area contributed by atoms with Crippen molar-refractivity contribution < 1.29 is 9.90 Å². The number of rotatable bonds is 3. The van der Waals surface area contributed by atoms with Crippen LogP contribution in [0, 0.1) is 12.3 Å². The molecule has 0 fully saturated rings. The van der Waals surface area contributed by atoms with Crippen molar-refractivity contribution in [1.82, 2.24) is 0 Å². The van der Waals surface area contributed by atoms with E-state index in [0.717, 1.165) is 11.3 Å². The average Bonchev–Trinajstić information content (AvgIpc) is 2.86. The van der Waals surface area contributed by atoms with E-state index in [2.05, 4.69) is 0 Å². The molecule has 176 valence electrons. The van der Waals surface area contributed by atoms with Crippen molar-refractivity contribution >= 4 is 46.3 Å². The number of anilines is 1. The van der Waals surface area contributed by atoms with E-state index < -0.39 is 5.92 Å². The van der Waals surface area contributed by atoms with Crippen molar-refractivity contribution in [2.24, 2.45) is 0 Å². The molecule has 1 atom stereocenters. The van der Waals surface area contributed by atoms with Crippen LogP contribution in [0.25, 0.3) is 5.76 Å². The van der Waals surface area contributed by atoms with E-state index in [4.69, 9.17) is 23.2 Å². The van der Waals surface area contributed by atoms with E-state index in [1.54, 1.807) is 23.1 Å². The number of ketones is 1. The number of aryl methyl sites for hydroxylation is 1. The molecule has 3 aromatic rings. The quantitative estimate of drug-likeness (QED) is 0.358. The van der Waals surface area contributed by atoms with Crippen molar-refractivity contribution in [3.05, 3.63) is 116 Å². The molecule has 1 aliphatic carbocycles. The lowest BCUT2D eigenvalue weighted by molar-refractivity contribution is -0.116. The lowest BCUT2D eigenvalue weighted by Crippen LogP contribution is -2.42. The van der Waals surface area contributed by atoms with Crippen LogP contribution in [-0.4, -0.2) is 16.7 Å². The summed E-state index contributed by atoms with van der Waals surface area (Å²) in [5.41, 5.74) is 4.55. The minimum absolute atomic E-state index is 0.00485. The van der Waals surface area contributed by atoms with Gasteiger partial charge in [-0.25, -0.2) is 0 Å². The molecule has 3 aromatic carbocycles. The molecule has 0 saturated heterocycles. The highest BCUT2D eigenvalue weighted by Gasteiger charge is 2.43. The molecule has 0 saturated carbocycles. The Bertz CT molecular complexity index is 1410. The Hall–Kier alpha value is -3.34. The van der Waals surface area contributed by atoms with Crippen molar-refractivity contribution in [1.29, 1.82) is 5.41 Å². The standard InChI is InChI=1S/C29H24Cl2N2O2/c1-17-14-15-19(16-22(17)31)33-23-12-7-13-24(34)26(23)25(20-10-5-6-11-21(20)30)27(29(33)32)28(35)18-8-3-2-4-9-18/h2-6,8-11,14-16,25,32,35H,7,12-13H2,1H3/t25-/m0/s1. The van der Waals surface area contributed by atoms with E-state index in [1.165, 1.54) is 0 Å². The second-order valence-corrected chi connectivity index (χ2v) is 9.65. The normalized spacial score (nSPS) is 19.6. The minimum atomic E-state index is -0.656. The van der Waals surface area contributed by atoms with Crippen LogP contribution < -0.4 is 4.90 Å². The van der Waals surface area contributed by atoms with Crippen LogP contribution in [0.3, 0.4) is 0 Å². The smallest absolute Gasteiger partial charge is 0.161 e. The highest BCUT2D eigenvalue weighted by atomic mass is 35.5. The summed E-state index contributed by atoms with van der Waals surface area (Å²) in [5.74, 6) is -0.597. The number of amidine groups is 1. The second kappa shape index (κ2) is 9.37. The van der Waals surface area contributed by atoms with E-state index in [1.807, 2.05) is 61.5 Å². The van der Waals surface area contributed by atoms with E-state index in [0.29, 0.717) is 57.3 Å². The molecular weight excluding hydrogens is 479 g/mol. The van der Waals surface area contributed by atoms with Gasteiger partial charge in [-0.15, -0.1) is 0 Å². The van der Waals surface area contributed by atoms with Gasteiger partial charge < -0.3 is 5.11 Å². The topological polar surface area (TPSA) is 64.4 Å². The molecule has 0 spiro atoms. The van der Waals surface area contributed by atoms with Crippen molar-refractivity contribution in [2.45, 2.75) is 32.1 Å². The predicted molar refractivity (Wildman–Crippen MR) is 142 cm³/mol. The minimum Gasteiger partial charge on any atom is -0.507 e. The maximum absolute atomic E-state index is 13.5. The molecule has 1 aliphatic heterocycles. The molecule has 5 rings (SSSR count). The summed E-state index contributed by atoms with van der Waals surface area (Å²) >= 11 is 13.1. The Morgan fingerprint density at radius 2 is 1.69 bits per heavy atom. The van der Waals surface area contributed by atoms with Crippen LogP contribution in [0.4, 0.5) is 5.69 Å². The number of carbonyl (C=O) groups is 1. The molecule has 0 amide bonds. The second-order valence-electron chi connectivity index (χ2n) is 8.84. The highest BCUT2D eigenvalue weighted by Crippen LogP contribution is 2.49. The van der Waals surface area contributed by atoms with Crippen molar-refractivity contribution in [3.8, 4) is 0 Å². The fourth-order valence-electron chi connectivity index (χ4n) is 4.97. The first-order chi connectivity index (χ1) is 16.9. The fourth-order valence-corrected chi connectivity index (χ4v) is 5.39. The number of nitrogens with zero attached hydrogens (tertiary/aromatic N) is 1. The molecule has 2 aliphatic rings. The third kappa shape index (κ3) is 4.07. The number of Topliss-reactive ketones (excluding diaryl/α,β-unsaturated/α-hetero) is 1. The molecule has 0 radical (unpaired) electrons. The number of halogens is 2. The Morgan fingerprint density at radius 3 is 2.40 bits per heavy atom. The van der Waals surface area contributed by atoms with Gasteiger partial charge in [0.1, 0.15) is 11.6 Å². The van der Waals surface area contributed by atoms with Crippen molar-refractivity contribution in [3.63, 3.8) is 0 Å². The van der Waals surface area contributed by atoms with Crippen LogP contribution in [0.5, 0.6) is 0 Å². The largest absolute Gasteiger partial charge is 0.507 e. The first-order valence-electron chi connectivity index (χ1n) is 11.5. The number of carbonyl (C=O) groups excluding carboxylic acids is 1. The zero-order valence-electron chi connectivity index (χ0n) is 19.2. The summed E-state index contributed by atoms with van der Waals surface area (Å²) < 4.78 is 0. The van der Waals surface area contributed by atoms with E-state index in [9.17, 15) is 15.3 Å². The van der Waals surface area contributed by atoms with Gasteiger partial charge in [0.25, 0.3) is 0 Å². The summed E-state index contributed by atoms with van der Waals surface area (Å²) in [6, 6.07) is 22.0. The third-order valence-corrected chi connectivity index (χ3v) is 7.44. The van der Waals surface area contributed by atoms with Gasteiger partial charge in [-0.3, -0.25) is 15.1 Å². The van der Waals surface area contributed by atoms with Crippen LogP contribution in [0.1, 0.15) is 41.9 Å². The van der Waals surface area contributed by atoms with Gasteiger partial charge in [0.05, 0.1) is 0 Å². The highest BCUT2D eigenvalue weighted by molar-refractivity contribution is 6.32. The molecule has 1 heterocycles. The summed E-state index contributed by atoms with van der Waals surface area (Å²) in [7, 11) is 0. The first-order valence-corrected chi connectivity index (χ1v) is 12.3. The number of nitrogens with one attached hydrogen (secondary N) is 1. The first kappa shape index (κ1) is 23.4. The lowest BCUT2D eigenvalue weighted by Gasteiger charge is -2.42. The van der Waals surface area contributed by atoms with Gasteiger partial charge in [0.2, 0.25) is 0 Å². The molecule has 6 heteroatoms. The van der Waals surface area contributed by atoms with E-state index in [-0.39, 0.29) is 17.4 Å².